The summed E-state index contributed by atoms with van der Waals surface area (Å²) >= 11 is 4.05. The molecule has 0 aliphatic carbocycles. The Hall–Kier alpha value is -2.66. The number of amides is 5. The highest BCUT2D eigenvalue weighted by atomic mass is 32.1. The molecular formula is C27H51N5O10S. The fourth-order valence-corrected chi connectivity index (χ4v) is 3.60. The lowest BCUT2D eigenvalue weighted by atomic mass is 10.1. The zero-order valence-electron chi connectivity index (χ0n) is 25.8. The Bertz CT molecular complexity index is 828. The minimum absolute atomic E-state index is 0.0356. The molecule has 0 radical (unpaired) electrons. The van der Waals surface area contributed by atoms with E-state index in [4.69, 9.17) is 24.1 Å². The maximum atomic E-state index is 12.7. The van der Waals surface area contributed by atoms with E-state index in [1.807, 2.05) is 0 Å². The lowest BCUT2D eigenvalue weighted by molar-refractivity contribution is -0.130. The Morgan fingerprint density at radius 1 is 0.744 bits per heavy atom. The average molecular weight is 638 g/mol. The molecule has 0 aromatic heterocycles. The number of unbranched alkanes of at least 4 members (excludes halogenated alkanes) is 1. The van der Waals surface area contributed by atoms with Crippen LogP contribution in [-0.4, -0.2) is 124 Å². The molecule has 5 amide bonds. The third-order valence-electron chi connectivity index (χ3n) is 5.29. The van der Waals surface area contributed by atoms with Gasteiger partial charge in [-0.05, 0) is 40.0 Å². The van der Waals surface area contributed by atoms with Crippen molar-refractivity contribution in [2.24, 2.45) is 0 Å². The van der Waals surface area contributed by atoms with Crippen molar-refractivity contribution in [3.63, 3.8) is 0 Å². The van der Waals surface area contributed by atoms with Crippen LogP contribution in [0.5, 0.6) is 0 Å². The van der Waals surface area contributed by atoms with Crippen molar-refractivity contribution in [3.8, 4) is 0 Å². The van der Waals surface area contributed by atoms with Crippen LogP contribution in [0.15, 0.2) is 0 Å². The number of aliphatic hydroxyl groups is 1. The summed E-state index contributed by atoms with van der Waals surface area (Å²) in [7, 11) is 0. The molecule has 0 saturated heterocycles. The van der Waals surface area contributed by atoms with Gasteiger partial charge in [0.2, 0.25) is 23.6 Å². The molecule has 0 aliphatic heterocycles. The number of carbonyl (C=O) groups excluding carboxylic acids is 5. The van der Waals surface area contributed by atoms with Gasteiger partial charge in [0, 0.05) is 38.7 Å². The second kappa shape index (κ2) is 24.7. The van der Waals surface area contributed by atoms with Crippen LogP contribution in [-0.2, 0) is 38.1 Å². The summed E-state index contributed by atoms with van der Waals surface area (Å²) < 4.78 is 21.1. The highest BCUT2D eigenvalue weighted by molar-refractivity contribution is 7.80. The number of hydrogen-bond acceptors (Lipinski definition) is 11. The number of hydrogen-bond donors (Lipinski definition) is 7. The SMILES string of the molecule is CC(=O)NC(CS)C(=O)NCCOCCOCCC(=O)NC(CCCCNC(=O)OC(C)(C)C)C(=O)NCCOCCO. The number of rotatable bonds is 24. The van der Waals surface area contributed by atoms with Crippen molar-refractivity contribution < 1.29 is 48.0 Å². The number of thiol groups is 1. The Kier molecular flexibility index (Phi) is 23.2. The number of carbonyl (C=O) groups is 5. The third-order valence-corrected chi connectivity index (χ3v) is 5.65. The monoisotopic (exact) mass is 637 g/mol. The van der Waals surface area contributed by atoms with E-state index in [0.29, 0.717) is 25.8 Å². The van der Waals surface area contributed by atoms with Crippen LogP contribution >= 0.6 is 12.6 Å². The van der Waals surface area contributed by atoms with Crippen LogP contribution in [0.3, 0.4) is 0 Å². The van der Waals surface area contributed by atoms with E-state index in [1.165, 1.54) is 6.92 Å². The Balaban J connectivity index is 4.33. The van der Waals surface area contributed by atoms with Gasteiger partial charge >= 0.3 is 6.09 Å². The molecule has 0 aromatic rings. The van der Waals surface area contributed by atoms with E-state index < -0.39 is 23.8 Å². The van der Waals surface area contributed by atoms with Crippen molar-refractivity contribution in [2.45, 2.75) is 71.1 Å². The Morgan fingerprint density at radius 2 is 1.33 bits per heavy atom. The molecular weight excluding hydrogens is 586 g/mol. The highest BCUT2D eigenvalue weighted by Gasteiger charge is 2.21. The second-order valence-electron chi connectivity index (χ2n) is 10.4. The molecule has 15 nitrogen and oxygen atoms in total. The molecule has 250 valence electrons. The Morgan fingerprint density at radius 3 is 1.88 bits per heavy atom. The number of nitrogens with one attached hydrogen (secondary N) is 5. The summed E-state index contributed by atoms with van der Waals surface area (Å²) in [6.07, 6.45) is 1.02. The van der Waals surface area contributed by atoms with Crippen LogP contribution in [0.2, 0.25) is 0 Å². The van der Waals surface area contributed by atoms with Gasteiger partial charge < -0.3 is 50.6 Å². The van der Waals surface area contributed by atoms with E-state index in [2.05, 4.69) is 39.2 Å². The molecule has 0 fully saturated rings. The van der Waals surface area contributed by atoms with Gasteiger partial charge in [0.15, 0.2) is 0 Å². The van der Waals surface area contributed by atoms with E-state index in [0.717, 1.165) is 0 Å². The van der Waals surface area contributed by atoms with E-state index in [-0.39, 0.29) is 95.1 Å². The largest absolute Gasteiger partial charge is 0.444 e. The predicted octanol–water partition coefficient (Wildman–Crippen LogP) is -0.735. The zero-order chi connectivity index (χ0) is 32.5. The van der Waals surface area contributed by atoms with Gasteiger partial charge in [-0.2, -0.15) is 12.6 Å². The molecule has 0 aromatic carbocycles. The van der Waals surface area contributed by atoms with Crippen LogP contribution in [0.4, 0.5) is 4.79 Å². The quantitative estimate of drug-likeness (QED) is 0.0522. The standard InChI is InChI=1S/C27H51N5O10S/c1-20(34)31-22(19-43)25(37)29-11-15-41-18-17-39-13-8-23(35)32-21(24(36)28-10-14-40-16-12-33)7-5-6-9-30-26(38)42-27(2,3)4/h21-22,33,43H,5-19H2,1-4H3,(H,28,36)(H,29,37)(H,30,38)(H,31,34)(H,32,35). The molecule has 2 unspecified atom stereocenters. The molecule has 6 N–H and O–H groups in total. The molecule has 0 aliphatic rings. The third kappa shape index (κ3) is 24.5. The maximum Gasteiger partial charge on any atom is 0.407 e. The van der Waals surface area contributed by atoms with E-state index in [9.17, 15) is 24.0 Å². The molecule has 0 bridgehead atoms. The highest BCUT2D eigenvalue weighted by Crippen LogP contribution is 2.07. The minimum atomic E-state index is -0.779. The van der Waals surface area contributed by atoms with Gasteiger partial charge in [0.25, 0.3) is 0 Å². The van der Waals surface area contributed by atoms with Crippen LogP contribution in [0.1, 0.15) is 53.4 Å². The summed E-state index contributed by atoms with van der Waals surface area (Å²) in [5, 5.41) is 22.0. The Labute approximate surface area is 259 Å². The van der Waals surface area contributed by atoms with Crippen molar-refractivity contribution >= 4 is 42.4 Å². The van der Waals surface area contributed by atoms with Crippen molar-refractivity contribution in [3.05, 3.63) is 0 Å². The first-order valence-electron chi connectivity index (χ1n) is 14.4. The number of aliphatic hydroxyl groups excluding tert-OH is 1. The second-order valence-corrected chi connectivity index (χ2v) is 10.7. The van der Waals surface area contributed by atoms with Gasteiger partial charge in [-0.15, -0.1) is 0 Å². The van der Waals surface area contributed by atoms with E-state index in [1.54, 1.807) is 20.8 Å². The van der Waals surface area contributed by atoms with Crippen molar-refractivity contribution in [1.82, 2.24) is 26.6 Å². The van der Waals surface area contributed by atoms with Crippen molar-refractivity contribution in [2.75, 3.05) is 71.6 Å². The summed E-state index contributed by atoms with van der Waals surface area (Å²) in [6.45, 7) is 8.59. The maximum absolute atomic E-state index is 12.7. The van der Waals surface area contributed by atoms with Crippen LogP contribution in [0.25, 0.3) is 0 Å². The minimum Gasteiger partial charge on any atom is -0.444 e. The lowest BCUT2D eigenvalue weighted by Crippen LogP contribution is -2.48. The average Bonchev–Trinajstić information content (AvgIpc) is 2.92. The molecule has 0 saturated carbocycles. The van der Waals surface area contributed by atoms with Gasteiger partial charge in [-0.3, -0.25) is 19.2 Å². The van der Waals surface area contributed by atoms with Gasteiger partial charge in [-0.1, -0.05) is 0 Å². The molecule has 43 heavy (non-hydrogen) atoms. The van der Waals surface area contributed by atoms with Crippen LogP contribution < -0.4 is 26.6 Å². The molecule has 0 heterocycles. The molecule has 0 rings (SSSR count). The first-order chi connectivity index (χ1) is 20.4. The molecule has 0 spiro atoms. The van der Waals surface area contributed by atoms with E-state index >= 15 is 0 Å². The first kappa shape index (κ1) is 40.3. The van der Waals surface area contributed by atoms with Gasteiger partial charge in [0.05, 0.1) is 46.2 Å². The summed E-state index contributed by atoms with van der Waals surface area (Å²) in [4.78, 5) is 60.0. The summed E-state index contributed by atoms with van der Waals surface area (Å²) in [5.74, 6) is -1.21. The number of ether oxygens (including phenoxy) is 4. The van der Waals surface area contributed by atoms with Crippen LogP contribution in [0, 0.1) is 0 Å². The van der Waals surface area contributed by atoms with Gasteiger partial charge in [-0.25, -0.2) is 4.79 Å². The topological polar surface area (TPSA) is 203 Å². The zero-order valence-corrected chi connectivity index (χ0v) is 26.7. The summed E-state index contributed by atoms with van der Waals surface area (Å²) in [5.41, 5.74) is -0.596. The molecule has 16 heteroatoms. The van der Waals surface area contributed by atoms with Crippen molar-refractivity contribution in [1.29, 1.82) is 0 Å². The number of alkyl carbamates (subject to hydrolysis) is 1. The normalized spacial score (nSPS) is 12.5. The molecule has 2 atom stereocenters. The first-order valence-corrected chi connectivity index (χ1v) is 15.1. The fourth-order valence-electron chi connectivity index (χ4n) is 3.35. The predicted molar refractivity (Wildman–Crippen MR) is 162 cm³/mol. The van der Waals surface area contributed by atoms with Gasteiger partial charge in [0.1, 0.15) is 17.7 Å². The fraction of sp³-hybridized carbons (Fsp3) is 0.815. The summed E-state index contributed by atoms with van der Waals surface area (Å²) in [6, 6.07) is -1.49. The lowest BCUT2D eigenvalue weighted by Gasteiger charge is -2.20. The smallest absolute Gasteiger partial charge is 0.407 e.